The summed E-state index contributed by atoms with van der Waals surface area (Å²) in [4.78, 5) is 19.1. The molecular formula is C22H31ClN6O4S. The van der Waals surface area contributed by atoms with E-state index in [4.69, 9.17) is 36.0 Å². The van der Waals surface area contributed by atoms with Crippen LogP contribution in [0, 0.1) is 0 Å². The van der Waals surface area contributed by atoms with E-state index in [1.807, 2.05) is 11.9 Å². The minimum absolute atomic E-state index is 0.0248. The third-order valence-corrected chi connectivity index (χ3v) is 10.3. The average molecular weight is 511 g/mol. The van der Waals surface area contributed by atoms with Crippen LogP contribution in [0.2, 0.25) is 0 Å². The predicted octanol–water partition coefficient (Wildman–Crippen LogP) is 1.42. The van der Waals surface area contributed by atoms with Gasteiger partial charge in [-0.3, -0.25) is 4.90 Å². The molecule has 0 spiro atoms. The van der Waals surface area contributed by atoms with Gasteiger partial charge in [0.15, 0.2) is 21.4 Å². The van der Waals surface area contributed by atoms with Gasteiger partial charge in [0.25, 0.3) is 0 Å². The second-order valence-electron chi connectivity index (χ2n) is 10.00. The van der Waals surface area contributed by atoms with Crippen molar-refractivity contribution in [2.45, 2.75) is 66.8 Å². The summed E-state index contributed by atoms with van der Waals surface area (Å²) in [6.45, 7) is 2.24. The Morgan fingerprint density at radius 1 is 1.21 bits per heavy atom. The maximum Gasteiger partial charge on any atom is 0.235 e. The standard InChI is InChI=1S/C22H31ClN6O4S/c1-24-20-25-15-5-3-4-13(23)10-16(15)29(20)21-26-18(22(6-7-22)34(2,30)31)17-19(27-21)28-8-9-32-11-14(28)12-33-17/h13-16H,3-12H2,1-2H3,(H,24,25)/t13?,14-,15?,16?/m0/s1. The molecule has 34 heavy (non-hydrogen) atoms. The van der Waals surface area contributed by atoms with Crippen molar-refractivity contribution in [2.75, 3.05) is 49.5 Å². The summed E-state index contributed by atoms with van der Waals surface area (Å²) in [5, 5.41) is 3.27. The molecule has 1 saturated heterocycles. The van der Waals surface area contributed by atoms with Gasteiger partial charge in [0.05, 0.1) is 31.3 Å². The van der Waals surface area contributed by atoms with Crippen LogP contribution in [-0.4, -0.2) is 87.5 Å². The zero-order chi connectivity index (χ0) is 23.7. The Bertz CT molecular complexity index is 1130. The Hall–Kier alpha value is -1.85. The number of anilines is 2. The van der Waals surface area contributed by atoms with Crippen molar-refractivity contribution in [3.05, 3.63) is 5.69 Å². The number of alkyl halides is 1. The van der Waals surface area contributed by atoms with Gasteiger partial charge in [0.2, 0.25) is 11.9 Å². The lowest BCUT2D eigenvalue weighted by atomic mass is 10.0. The number of rotatable bonds is 3. The highest BCUT2D eigenvalue weighted by atomic mass is 35.5. The molecule has 4 heterocycles. The highest BCUT2D eigenvalue weighted by Gasteiger charge is 2.58. The van der Waals surface area contributed by atoms with Crippen molar-refractivity contribution in [2.24, 2.45) is 4.99 Å². The molecule has 2 saturated carbocycles. The molecule has 12 heteroatoms. The van der Waals surface area contributed by atoms with Gasteiger partial charge >= 0.3 is 0 Å². The van der Waals surface area contributed by atoms with Gasteiger partial charge in [-0.25, -0.2) is 18.4 Å². The van der Waals surface area contributed by atoms with E-state index in [9.17, 15) is 8.42 Å². The van der Waals surface area contributed by atoms with Gasteiger partial charge in [-0.05, 0) is 38.5 Å². The molecule has 0 amide bonds. The van der Waals surface area contributed by atoms with Gasteiger partial charge in [-0.1, -0.05) is 0 Å². The Morgan fingerprint density at radius 3 is 2.76 bits per heavy atom. The number of aromatic nitrogens is 2. The van der Waals surface area contributed by atoms with E-state index in [-0.39, 0.29) is 23.5 Å². The fraction of sp³-hybridized carbons (Fsp3) is 0.773. The highest BCUT2D eigenvalue weighted by Crippen LogP contribution is 2.56. The molecule has 0 aromatic carbocycles. The Morgan fingerprint density at radius 2 is 2.03 bits per heavy atom. The van der Waals surface area contributed by atoms with E-state index in [0.717, 1.165) is 25.7 Å². The SMILES string of the molecule is CNC1=NC2CCCC(Cl)CC2N1c1nc2c(c(C3(S(C)(=O)=O)CC3)n1)OC[C@@H]1COCCN21. The molecule has 0 bridgehead atoms. The Balaban J connectivity index is 1.52. The molecule has 3 aliphatic heterocycles. The van der Waals surface area contributed by atoms with Crippen LogP contribution in [0.15, 0.2) is 4.99 Å². The van der Waals surface area contributed by atoms with Crippen LogP contribution in [0.5, 0.6) is 5.75 Å². The summed E-state index contributed by atoms with van der Waals surface area (Å²) in [5.41, 5.74) is 0.481. The van der Waals surface area contributed by atoms with Gasteiger partial charge in [-0.15, -0.1) is 11.6 Å². The second-order valence-corrected chi connectivity index (χ2v) is 12.9. The van der Waals surface area contributed by atoms with Gasteiger partial charge < -0.3 is 19.7 Å². The average Bonchev–Trinajstić information content (AvgIpc) is 3.59. The number of halogens is 1. The first-order chi connectivity index (χ1) is 16.3. The minimum Gasteiger partial charge on any atom is -0.486 e. The van der Waals surface area contributed by atoms with Crippen LogP contribution in [-0.2, 0) is 19.3 Å². The van der Waals surface area contributed by atoms with Crippen LogP contribution in [0.4, 0.5) is 11.8 Å². The van der Waals surface area contributed by atoms with Gasteiger partial charge in [0, 0.05) is 25.2 Å². The molecular weight excluding hydrogens is 480 g/mol. The van der Waals surface area contributed by atoms with Gasteiger partial charge in [-0.2, -0.15) is 4.98 Å². The molecule has 4 atom stereocenters. The van der Waals surface area contributed by atoms with E-state index >= 15 is 0 Å². The zero-order valence-electron chi connectivity index (χ0n) is 19.5. The fourth-order valence-corrected chi connectivity index (χ4v) is 7.50. The molecule has 10 nitrogen and oxygen atoms in total. The predicted molar refractivity (Wildman–Crippen MR) is 130 cm³/mol. The maximum absolute atomic E-state index is 12.9. The molecule has 186 valence electrons. The van der Waals surface area contributed by atoms with Crippen LogP contribution in [0.1, 0.15) is 44.2 Å². The molecule has 3 fully saturated rings. The van der Waals surface area contributed by atoms with E-state index < -0.39 is 14.6 Å². The smallest absolute Gasteiger partial charge is 0.235 e. The Labute approximate surface area is 205 Å². The minimum atomic E-state index is -3.40. The first-order valence-electron chi connectivity index (χ1n) is 12.1. The molecule has 3 unspecified atom stereocenters. The number of fused-ring (bicyclic) bond motifs is 4. The van der Waals surface area contributed by atoms with Crippen molar-refractivity contribution < 1.29 is 17.9 Å². The summed E-state index contributed by atoms with van der Waals surface area (Å²) in [7, 11) is -1.56. The number of ether oxygens (including phenoxy) is 2. The third kappa shape index (κ3) is 3.45. The highest BCUT2D eigenvalue weighted by molar-refractivity contribution is 7.92. The van der Waals surface area contributed by atoms with Gasteiger partial charge in [0.1, 0.15) is 17.0 Å². The fourth-order valence-electron chi connectivity index (χ4n) is 5.83. The summed E-state index contributed by atoms with van der Waals surface area (Å²) >= 11 is 6.65. The molecule has 6 rings (SSSR count). The van der Waals surface area contributed by atoms with E-state index in [1.54, 1.807) is 0 Å². The molecule has 1 N–H and O–H groups in total. The molecule has 5 aliphatic rings. The quantitative estimate of drug-likeness (QED) is 0.604. The van der Waals surface area contributed by atoms with E-state index in [0.29, 0.717) is 68.4 Å². The van der Waals surface area contributed by atoms with Crippen molar-refractivity contribution >= 4 is 39.2 Å². The van der Waals surface area contributed by atoms with Crippen molar-refractivity contribution in [3.8, 4) is 5.75 Å². The van der Waals surface area contributed by atoms with Crippen LogP contribution in [0.3, 0.4) is 0 Å². The van der Waals surface area contributed by atoms with Crippen molar-refractivity contribution in [1.82, 2.24) is 15.3 Å². The first kappa shape index (κ1) is 22.6. The number of hydrogen-bond donors (Lipinski definition) is 1. The number of sulfone groups is 1. The van der Waals surface area contributed by atoms with Crippen molar-refractivity contribution in [1.29, 1.82) is 0 Å². The van der Waals surface area contributed by atoms with Crippen LogP contribution >= 0.6 is 11.6 Å². The second kappa shape index (κ2) is 8.09. The Kier molecular flexibility index (Phi) is 5.38. The summed E-state index contributed by atoms with van der Waals surface area (Å²) in [6, 6.07) is 0.169. The molecule has 2 aliphatic carbocycles. The summed E-state index contributed by atoms with van der Waals surface area (Å²) in [5.74, 6) is 2.32. The molecule has 1 aromatic rings. The molecule has 1 aromatic heterocycles. The lowest BCUT2D eigenvalue weighted by Crippen LogP contribution is -2.52. The zero-order valence-corrected chi connectivity index (χ0v) is 21.1. The monoisotopic (exact) mass is 510 g/mol. The summed E-state index contributed by atoms with van der Waals surface area (Å²) in [6.07, 6.45) is 6.08. The van der Waals surface area contributed by atoms with Crippen LogP contribution < -0.4 is 19.9 Å². The van der Waals surface area contributed by atoms with E-state index in [2.05, 4.69) is 10.2 Å². The molecule has 0 radical (unpaired) electrons. The topological polar surface area (TPSA) is 109 Å². The normalized spacial score (nSPS) is 32.0. The lowest BCUT2D eigenvalue weighted by Gasteiger charge is -2.41. The number of morpholine rings is 1. The number of guanidine groups is 1. The van der Waals surface area contributed by atoms with Crippen molar-refractivity contribution in [3.63, 3.8) is 0 Å². The number of aliphatic imine (C=N–C) groups is 1. The van der Waals surface area contributed by atoms with Crippen LogP contribution in [0.25, 0.3) is 0 Å². The lowest BCUT2D eigenvalue weighted by molar-refractivity contribution is 0.0692. The third-order valence-electron chi connectivity index (χ3n) is 7.85. The number of nitrogens with zero attached hydrogens (tertiary/aromatic N) is 5. The first-order valence-corrected chi connectivity index (χ1v) is 14.4. The van der Waals surface area contributed by atoms with E-state index in [1.165, 1.54) is 6.26 Å². The summed E-state index contributed by atoms with van der Waals surface area (Å²) < 4.78 is 36.7. The number of hydrogen-bond acceptors (Lipinski definition) is 10. The largest absolute Gasteiger partial charge is 0.486 e. The number of nitrogens with one attached hydrogen (secondary N) is 1. The maximum atomic E-state index is 12.9.